The Morgan fingerprint density at radius 2 is 2.14 bits per heavy atom. The van der Waals surface area contributed by atoms with Gasteiger partial charge in [0.1, 0.15) is 10.8 Å². The van der Waals surface area contributed by atoms with Crippen molar-refractivity contribution in [3.05, 3.63) is 16.1 Å². The SMILES string of the molecule is CCC(C)Oc1nc(N)c(Cl)cc1Cl. The second kappa shape index (κ2) is 4.71. The highest BCUT2D eigenvalue weighted by Crippen LogP contribution is 2.29. The Kier molecular flexibility index (Phi) is 3.84. The lowest BCUT2D eigenvalue weighted by atomic mass is 10.3. The van der Waals surface area contributed by atoms with Crippen molar-refractivity contribution in [2.75, 3.05) is 5.73 Å². The molecule has 0 aliphatic heterocycles. The monoisotopic (exact) mass is 234 g/mol. The highest BCUT2D eigenvalue weighted by molar-refractivity contribution is 6.36. The average Bonchev–Trinajstić information content (AvgIpc) is 2.14. The number of anilines is 1. The van der Waals surface area contributed by atoms with Crippen molar-refractivity contribution in [2.24, 2.45) is 0 Å². The third-order valence-corrected chi connectivity index (χ3v) is 2.39. The Hall–Kier alpha value is -0.670. The minimum Gasteiger partial charge on any atom is -0.474 e. The smallest absolute Gasteiger partial charge is 0.234 e. The summed E-state index contributed by atoms with van der Waals surface area (Å²) in [7, 11) is 0. The van der Waals surface area contributed by atoms with E-state index in [9.17, 15) is 0 Å². The van der Waals surface area contributed by atoms with E-state index >= 15 is 0 Å². The Morgan fingerprint density at radius 1 is 1.50 bits per heavy atom. The van der Waals surface area contributed by atoms with E-state index in [1.807, 2.05) is 13.8 Å². The zero-order valence-electron chi connectivity index (χ0n) is 8.05. The molecule has 1 rings (SSSR count). The minimum atomic E-state index is 0.0561. The van der Waals surface area contributed by atoms with Gasteiger partial charge in [0.15, 0.2) is 0 Å². The lowest BCUT2D eigenvalue weighted by Crippen LogP contribution is -2.11. The van der Waals surface area contributed by atoms with Crippen LogP contribution in [0.3, 0.4) is 0 Å². The molecular formula is C9H12Cl2N2O. The van der Waals surface area contributed by atoms with E-state index in [2.05, 4.69) is 4.98 Å². The summed E-state index contributed by atoms with van der Waals surface area (Å²) < 4.78 is 5.45. The summed E-state index contributed by atoms with van der Waals surface area (Å²) in [5.74, 6) is 0.567. The highest BCUT2D eigenvalue weighted by atomic mass is 35.5. The van der Waals surface area contributed by atoms with E-state index in [1.54, 1.807) is 0 Å². The van der Waals surface area contributed by atoms with Gasteiger partial charge in [-0.15, -0.1) is 0 Å². The Labute approximate surface area is 93.2 Å². The van der Waals surface area contributed by atoms with E-state index < -0.39 is 0 Å². The summed E-state index contributed by atoms with van der Waals surface area (Å²) in [6, 6.07) is 1.53. The van der Waals surface area contributed by atoms with Gasteiger partial charge in [0.25, 0.3) is 0 Å². The minimum absolute atomic E-state index is 0.0561. The van der Waals surface area contributed by atoms with E-state index in [-0.39, 0.29) is 11.9 Å². The number of nitrogen functional groups attached to an aromatic ring is 1. The molecular weight excluding hydrogens is 223 g/mol. The van der Waals surface area contributed by atoms with Crippen LogP contribution >= 0.6 is 23.2 Å². The van der Waals surface area contributed by atoms with Gasteiger partial charge in [-0.05, 0) is 19.4 Å². The maximum atomic E-state index is 5.88. The Balaban J connectivity index is 2.92. The van der Waals surface area contributed by atoms with Crippen LogP contribution in [0.15, 0.2) is 6.07 Å². The molecule has 3 nitrogen and oxygen atoms in total. The van der Waals surface area contributed by atoms with Crippen LogP contribution in [0.1, 0.15) is 20.3 Å². The molecule has 1 heterocycles. The van der Waals surface area contributed by atoms with Crippen molar-refractivity contribution in [3.8, 4) is 5.88 Å². The van der Waals surface area contributed by atoms with Gasteiger partial charge >= 0.3 is 0 Å². The lowest BCUT2D eigenvalue weighted by molar-refractivity contribution is 0.209. The fourth-order valence-corrected chi connectivity index (χ4v) is 1.22. The van der Waals surface area contributed by atoms with Crippen LogP contribution < -0.4 is 10.5 Å². The standard InChI is InChI=1S/C9H12Cl2N2O/c1-3-5(2)14-9-7(11)4-6(10)8(12)13-9/h4-5H,3H2,1-2H3,(H2,12,13). The van der Waals surface area contributed by atoms with Gasteiger partial charge in [0.2, 0.25) is 5.88 Å². The summed E-state index contributed by atoms with van der Waals surface area (Å²) in [6.45, 7) is 3.95. The summed E-state index contributed by atoms with van der Waals surface area (Å²) in [6.07, 6.45) is 0.932. The van der Waals surface area contributed by atoms with Gasteiger partial charge in [-0.1, -0.05) is 30.1 Å². The third kappa shape index (κ3) is 2.66. The third-order valence-electron chi connectivity index (χ3n) is 1.81. The Bertz CT molecular complexity index is 331. The van der Waals surface area contributed by atoms with Crippen LogP contribution in [0.4, 0.5) is 5.82 Å². The largest absolute Gasteiger partial charge is 0.474 e. The molecule has 1 aromatic heterocycles. The molecule has 1 atom stereocenters. The zero-order valence-corrected chi connectivity index (χ0v) is 9.56. The second-order valence-electron chi connectivity index (χ2n) is 2.98. The number of nitrogens with zero attached hydrogens (tertiary/aromatic N) is 1. The van der Waals surface area contributed by atoms with Crippen molar-refractivity contribution in [3.63, 3.8) is 0 Å². The molecule has 78 valence electrons. The molecule has 0 amide bonds. The number of aromatic nitrogens is 1. The van der Waals surface area contributed by atoms with Gasteiger partial charge in [0.05, 0.1) is 11.1 Å². The van der Waals surface area contributed by atoms with Gasteiger partial charge in [0, 0.05) is 0 Å². The molecule has 2 N–H and O–H groups in total. The first-order valence-corrected chi connectivity index (χ1v) is 5.08. The number of hydrogen-bond donors (Lipinski definition) is 1. The molecule has 0 spiro atoms. The van der Waals surface area contributed by atoms with Crippen molar-refractivity contribution in [1.29, 1.82) is 0 Å². The number of rotatable bonds is 3. The quantitative estimate of drug-likeness (QED) is 0.875. The topological polar surface area (TPSA) is 48.1 Å². The fraction of sp³-hybridized carbons (Fsp3) is 0.444. The van der Waals surface area contributed by atoms with Crippen LogP contribution in [0.2, 0.25) is 10.0 Å². The zero-order chi connectivity index (χ0) is 10.7. The lowest BCUT2D eigenvalue weighted by Gasteiger charge is -2.13. The van der Waals surface area contributed by atoms with Crippen LogP contribution in [0.5, 0.6) is 5.88 Å². The molecule has 0 aliphatic carbocycles. The summed E-state index contributed by atoms with van der Waals surface area (Å²) >= 11 is 11.6. The first kappa shape index (κ1) is 11.4. The van der Waals surface area contributed by atoms with E-state index in [0.717, 1.165) is 6.42 Å². The van der Waals surface area contributed by atoms with Crippen LogP contribution in [-0.4, -0.2) is 11.1 Å². The molecule has 1 aromatic rings. The first-order valence-electron chi connectivity index (χ1n) is 4.32. The second-order valence-corrected chi connectivity index (χ2v) is 3.79. The van der Waals surface area contributed by atoms with Crippen molar-refractivity contribution >= 4 is 29.0 Å². The first-order chi connectivity index (χ1) is 6.54. The molecule has 0 aliphatic rings. The molecule has 1 unspecified atom stereocenters. The molecule has 5 heteroatoms. The predicted molar refractivity (Wildman–Crippen MR) is 59.1 cm³/mol. The highest BCUT2D eigenvalue weighted by Gasteiger charge is 2.10. The normalized spacial score (nSPS) is 12.6. The molecule has 0 saturated carbocycles. The maximum Gasteiger partial charge on any atom is 0.234 e. The molecule has 14 heavy (non-hydrogen) atoms. The summed E-state index contributed by atoms with van der Waals surface area (Å²) in [4.78, 5) is 3.95. The van der Waals surface area contributed by atoms with Gasteiger partial charge in [-0.2, -0.15) is 4.98 Å². The van der Waals surface area contributed by atoms with E-state index in [4.69, 9.17) is 33.7 Å². The van der Waals surface area contributed by atoms with Gasteiger partial charge in [-0.3, -0.25) is 0 Å². The number of halogens is 2. The summed E-state index contributed by atoms with van der Waals surface area (Å²) in [5.41, 5.74) is 5.53. The maximum absolute atomic E-state index is 5.88. The molecule has 0 bridgehead atoms. The predicted octanol–water partition coefficient (Wildman–Crippen LogP) is 3.15. The molecule has 0 fully saturated rings. The number of hydrogen-bond acceptors (Lipinski definition) is 3. The molecule has 0 radical (unpaired) electrons. The molecule has 0 saturated heterocycles. The average molecular weight is 235 g/mol. The summed E-state index contributed by atoms with van der Waals surface area (Å²) in [5, 5.41) is 0.719. The van der Waals surface area contributed by atoms with Gasteiger partial charge in [-0.25, -0.2) is 0 Å². The van der Waals surface area contributed by atoms with Crippen molar-refractivity contribution in [2.45, 2.75) is 26.4 Å². The van der Waals surface area contributed by atoms with Crippen LogP contribution in [0.25, 0.3) is 0 Å². The fourth-order valence-electron chi connectivity index (χ4n) is 0.820. The molecule has 0 aromatic carbocycles. The van der Waals surface area contributed by atoms with Crippen LogP contribution in [0, 0.1) is 0 Å². The number of ether oxygens (including phenoxy) is 1. The number of nitrogens with two attached hydrogens (primary N) is 1. The van der Waals surface area contributed by atoms with E-state index in [1.165, 1.54) is 6.07 Å². The van der Waals surface area contributed by atoms with E-state index in [0.29, 0.717) is 15.9 Å². The van der Waals surface area contributed by atoms with Crippen molar-refractivity contribution < 1.29 is 4.74 Å². The van der Waals surface area contributed by atoms with Crippen molar-refractivity contribution in [1.82, 2.24) is 4.98 Å². The number of pyridine rings is 1. The Morgan fingerprint density at radius 3 is 2.71 bits per heavy atom. The van der Waals surface area contributed by atoms with Gasteiger partial charge < -0.3 is 10.5 Å². The van der Waals surface area contributed by atoms with Crippen LogP contribution in [-0.2, 0) is 0 Å².